The summed E-state index contributed by atoms with van der Waals surface area (Å²) in [5.41, 5.74) is 8.69. The Hall–Kier alpha value is -2.75. The standard InChI is InChI=1S/C21H22N4OS/c1-24-11-9-16(10-12-24)20(26)17-3-2-4-19(13-17)25(21(23)27)18-7-5-15(14-22)6-8-18/h2-8,13,16H,9-12H2,1H3,(H2,23,27). The second-order valence-electron chi connectivity index (χ2n) is 6.82. The molecule has 0 atom stereocenters. The molecule has 1 heterocycles. The summed E-state index contributed by atoms with van der Waals surface area (Å²) >= 11 is 5.24. The van der Waals surface area contributed by atoms with Crippen LogP contribution in [0.15, 0.2) is 48.5 Å². The lowest BCUT2D eigenvalue weighted by Gasteiger charge is -2.28. The monoisotopic (exact) mass is 378 g/mol. The number of anilines is 2. The van der Waals surface area contributed by atoms with Gasteiger partial charge in [-0.2, -0.15) is 5.26 Å². The maximum atomic E-state index is 12.9. The van der Waals surface area contributed by atoms with Gasteiger partial charge in [-0.15, -0.1) is 0 Å². The summed E-state index contributed by atoms with van der Waals surface area (Å²) in [6, 6.07) is 16.5. The number of nitriles is 1. The Morgan fingerprint density at radius 2 is 1.85 bits per heavy atom. The lowest BCUT2D eigenvalue weighted by atomic mass is 9.89. The van der Waals surface area contributed by atoms with Gasteiger partial charge in [-0.1, -0.05) is 12.1 Å². The number of nitrogens with two attached hydrogens (primary N) is 1. The van der Waals surface area contributed by atoms with Crippen molar-refractivity contribution in [3.8, 4) is 6.07 Å². The minimum atomic E-state index is 0.0599. The number of hydrogen-bond donors (Lipinski definition) is 1. The van der Waals surface area contributed by atoms with Gasteiger partial charge in [0.15, 0.2) is 10.9 Å². The van der Waals surface area contributed by atoms with Crippen LogP contribution in [0.2, 0.25) is 0 Å². The SMILES string of the molecule is CN1CCC(C(=O)c2cccc(N(C(N)=S)c3ccc(C#N)cc3)c2)CC1. The summed E-state index contributed by atoms with van der Waals surface area (Å²) in [7, 11) is 2.08. The first kappa shape index (κ1) is 19.0. The fraction of sp³-hybridized carbons (Fsp3) is 0.286. The van der Waals surface area contributed by atoms with Crippen LogP contribution in [0.5, 0.6) is 0 Å². The average Bonchev–Trinajstić information content (AvgIpc) is 2.69. The largest absolute Gasteiger partial charge is 0.376 e. The molecule has 2 aromatic rings. The molecule has 1 aliphatic heterocycles. The molecule has 5 nitrogen and oxygen atoms in total. The van der Waals surface area contributed by atoms with Crippen LogP contribution in [0.25, 0.3) is 0 Å². The van der Waals surface area contributed by atoms with Crippen LogP contribution < -0.4 is 10.6 Å². The van der Waals surface area contributed by atoms with Crippen LogP contribution >= 0.6 is 12.2 Å². The topological polar surface area (TPSA) is 73.4 Å². The predicted octanol–water partition coefficient (Wildman–Crippen LogP) is 3.46. The predicted molar refractivity (Wildman–Crippen MR) is 111 cm³/mol. The third-order valence-corrected chi connectivity index (χ3v) is 5.14. The molecule has 138 valence electrons. The van der Waals surface area contributed by atoms with Crippen molar-refractivity contribution in [2.75, 3.05) is 25.0 Å². The molecule has 2 N–H and O–H groups in total. The molecule has 1 fully saturated rings. The van der Waals surface area contributed by atoms with E-state index in [9.17, 15) is 4.79 Å². The number of carbonyl (C=O) groups excluding carboxylic acids is 1. The van der Waals surface area contributed by atoms with Crippen LogP contribution in [0.3, 0.4) is 0 Å². The zero-order chi connectivity index (χ0) is 19.4. The van der Waals surface area contributed by atoms with Crippen LogP contribution in [0, 0.1) is 17.2 Å². The van der Waals surface area contributed by atoms with E-state index in [-0.39, 0.29) is 16.8 Å². The molecular weight excluding hydrogens is 356 g/mol. The number of likely N-dealkylation sites (tertiary alicyclic amines) is 1. The molecule has 3 rings (SSSR count). The summed E-state index contributed by atoms with van der Waals surface area (Å²) < 4.78 is 0. The highest BCUT2D eigenvalue weighted by molar-refractivity contribution is 7.80. The molecule has 27 heavy (non-hydrogen) atoms. The zero-order valence-electron chi connectivity index (χ0n) is 15.3. The van der Waals surface area contributed by atoms with Crippen molar-refractivity contribution in [3.05, 3.63) is 59.7 Å². The Morgan fingerprint density at radius 1 is 1.19 bits per heavy atom. The van der Waals surface area contributed by atoms with E-state index >= 15 is 0 Å². The number of rotatable bonds is 4. The van der Waals surface area contributed by atoms with Gasteiger partial charge in [-0.3, -0.25) is 9.69 Å². The van der Waals surface area contributed by atoms with E-state index < -0.39 is 0 Å². The third kappa shape index (κ3) is 4.33. The van der Waals surface area contributed by atoms with Crippen LogP contribution in [0.4, 0.5) is 11.4 Å². The van der Waals surface area contributed by atoms with Gasteiger partial charge < -0.3 is 10.6 Å². The minimum Gasteiger partial charge on any atom is -0.376 e. The van der Waals surface area contributed by atoms with Gasteiger partial charge in [0.05, 0.1) is 11.6 Å². The molecule has 0 amide bonds. The Labute approximate surface area is 165 Å². The van der Waals surface area contributed by atoms with Crippen LogP contribution in [-0.4, -0.2) is 35.9 Å². The zero-order valence-corrected chi connectivity index (χ0v) is 16.1. The fourth-order valence-electron chi connectivity index (χ4n) is 3.39. The van der Waals surface area contributed by atoms with E-state index in [1.165, 1.54) is 0 Å². The van der Waals surface area contributed by atoms with Crippen LogP contribution in [0.1, 0.15) is 28.8 Å². The maximum absolute atomic E-state index is 12.9. The van der Waals surface area contributed by atoms with Crippen molar-refractivity contribution in [2.45, 2.75) is 12.8 Å². The molecule has 0 unspecified atom stereocenters. The molecule has 1 aliphatic rings. The van der Waals surface area contributed by atoms with E-state index in [4.69, 9.17) is 23.2 Å². The Morgan fingerprint density at radius 3 is 2.44 bits per heavy atom. The first-order valence-corrected chi connectivity index (χ1v) is 9.33. The molecule has 2 aromatic carbocycles. The minimum absolute atomic E-state index is 0.0599. The lowest BCUT2D eigenvalue weighted by molar-refractivity contribution is 0.0857. The number of benzene rings is 2. The summed E-state index contributed by atoms with van der Waals surface area (Å²) in [6.07, 6.45) is 1.77. The first-order valence-electron chi connectivity index (χ1n) is 8.92. The van der Waals surface area contributed by atoms with Crippen molar-refractivity contribution < 1.29 is 4.79 Å². The van der Waals surface area contributed by atoms with Gasteiger partial charge in [-0.25, -0.2) is 0 Å². The van der Waals surface area contributed by atoms with Gasteiger partial charge in [0.2, 0.25) is 0 Å². The van der Waals surface area contributed by atoms with Crippen molar-refractivity contribution in [1.82, 2.24) is 4.90 Å². The van der Waals surface area contributed by atoms with Crippen molar-refractivity contribution >= 4 is 34.5 Å². The number of hydrogen-bond acceptors (Lipinski definition) is 4. The van der Waals surface area contributed by atoms with Gasteiger partial charge in [0, 0.05) is 22.9 Å². The first-order chi connectivity index (χ1) is 13.0. The lowest BCUT2D eigenvalue weighted by Crippen LogP contribution is -2.34. The highest BCUT2D eigenvalue weighted by atomic mass is 32.1. The van der Waals surface area contributed by atoms with E-state index in [0.29, 0.717) is 11.1 Å². The summed E-state index contributed by atoms with van der Waals surface area (Å²) in [4.78, 5) is 16.9. The van der Waals surface area contributed by atoms with Crippen molar-refractivity contribution in [1.29, 1.82) is 5.26 Å². The van der Waals surface area contributed by atoms with E-state index in [0.717, 1.165) is 37.3 Å². The number of ketones is 1. The molecule has 0 spiro atoms. The fourth-order valence-corrected chi connectivity index (χ4v) is 3.60. The molecule has 6 heteroatoms. The summed E-state index contributed by atoms with van der Waals surface area (Å²) in [5.74, 6) is 0.234. The smallest absolute Gasteiger partial charge is 0.175 e. The second kappa shape index (κ2) is 8.30. The summed E-state index contributed by atoms with van der Waals surface area (Å²) in [6.45, 7) is 1.89. The molecular formula is C21H22N4OS. The highest BCUT2D eigenvalue weighted by Gasteiger charge is 2.25. The Bertz CT molecular complexity index is 880. The third-order valence-electron chi connectivity index (χ3n) is 4.95. The van der Waals surface area contributed by atoms with Crippen molar-refractivity contribution in [2.24, 2.45) is 11.7 Å². The number of piperidine rings is 1. The summed E-state index contributed by atoms with van der Waals surface area (Å²) in [5, 5.41) is 9.16. The molecule has 0 bridgehead atoms. The normalized spacial score (nSPS) is 15.1. The average molecular weight is 379 g/mol. The van der Waals surface area contributed by atoms with Gasteiger partial charge in [-0.05, 0) is 81.6 Å². The number of nitrogens with zero attached hydrogens (tertiary/aromatic N) is 3. The van der Waals surface area contributed by atoms with Gasteiger partial charge in [0.1, 0.15) is 0 Å². The molecule has 0 aliphatic carbocycles. The van der Waals surface area contributed by atoms with E-state index in [2.05, 4.69) is 18.0 Å². The van der Waals surface area contributed by atoms with Gasteiger partial charge >= 0.3 is 0 Å². The molecule has 0 radical (unpaired) electrons. The molecule has 1 saturated heterocycles. The number of carbonyl (C=O) groups is 1. The van der Waals surface area contributed by atoms with Gasteiger partial charge in [0.25, 0.3) is 0 Å². The number of thiocarbonyl (C=S) groups is 1. The quantitative estimate of drug-likeness (QED) is 0.649. The molecule has 0 aromatic heterocycles. The van der Waals surface area contributed by atoms with Crippen LogP contribution in [-0.2, 0) is 0 Å². The molecule has 0 saturated carbocycles. The van der Waals surface area contributed by atoms with E-state index in [1.54, 1.807) is 29.2 Å². The highest BCUT2D eigenvalue weighted by Crippen LogP contribution is 2.28. The van der Waals surface area contributed by atoms with Crippen molar-refractivity contribution in [3.63, 3.8) is 0 Å². The Kier molecular flexibility index (Phi) is 5.84. The van der Waals surface area contributed by atoms with E-state index in [1.807, 2.05) is 24.3 Å². The maximum Gasteiger partial charge on any atom is 0.175 e. The Balaban J connectivity index is 1.88. The number of Topliss-reactive ketones (excluding diaryl/α,β-unsaturated/α-hetero) is 1. The second-order valence-corrected chi connectivity index (χ2v) is 7.24.